The number of halogens is 1. The predicted molar refractivity (Wildman–Crippen MR) is 162 cm³/mol. The summed E-state index contributed by atoms with van der Waals surface area (Å²) in [4.78, 5) is 40.8. The van der Waals surface area contributed by atoms with Crippen molar-refractivity contribution in [2.75, 3.05) is 30.2 Å². The molecule has 228 valence electrons. The van der Waals surface area contributed by atoms with Crippen molar-refractivity contribution in [1.29, 1.82) is 0 Å². The fourth-order valence-corrected chi connectivity index (χ4v) is 6.05. The van der Waals surface area contributed by atoms with E-state index in [2.05, 4.69) is 5.32 Å². The fourth-order valence-electron chi connectivity index (χ4n) is 5.87. The summed E-state index contributed by atoms with van der Waals surface area (Å²) in [5.74, 6) is -0.452. The summed E-state index contributed by atoms with van der Waals surface area (Å²) in [6, 6.07) is 15.2. The van der Waals surface area contributed by atoms with Crippen molar-refractivity contribution >= 4 is 40.7 Å². The SMILES string of the molecule is CCO[C@@H]1OC(C(=O)Nc2ccc(N3C(=O)c4ccc(Cl)cc4C3=O)c(C)c2)=C[C@H](c2ccc3c(c2)OCO3)[C@@H]1CCCO. The van der Waals surface area contributed by atoms with E-state index in [0.29, 0.717) is 52.9 Å². The molecule has 3 aliphatic rings. The maximum Gasteiger partial charge on any atom is 0.290 e. The Morgan fingerprint density at radius 2 is 1.84 bits per heavy atom. The number of amides is 3. The number of imide groups is 1. The zero-order valence-corrected chi connectivity index (χ0v) is 24.9. The molecule has 10 nitrogen and oxygen atoms in total. The molecule has 0 aromatic heterocycles. The highest BCUT2D eigenvalue weighted by atomic mass is 35.5. The number of anilines is 2. The van der Waals surface area contributed by atoms with Gasteiger partial charge in [-0.1, -0.05) is 17.7 Å². The number of fused-ring (bicyclic) bond motifs is 2. The average Bonchev–Trinajstić information content (AvgIpc) is 3.58. The molecule has 3 amide bonds. The van der Waals surface area contributed by atoms with Crippen LogP contribution in [0.25, 0.3) is 0 Å². The first-order valence-corrected chi connectivity index (χ1v) is 14.8. The minimum absolute atomic E-state index is 0.0179. The Labute approximate surface area is 259 Å². The molecule has 0 fully saturated rings. The van der Waals surface area contributed by atoms with E-state index in [-0.39, 0.29) is 42.1 Å². The minimum atomic E-state index is -0.723. The molecule has 0 unspecified atom stereocenters. The normalized spacial score (nSPS) is 20.3. The second-order valence-electron chi connectivity index (χ2n) is 10.7. The van der Waals surface area contributed by atoms with Gasteiger partial charge in [-0.05, 0) is 92.4 Å². The van der Waals surface area contributed by atoms with Gasteiger partial charge in [-0.25, -0.2) is 4.90 Å². The third-order valence-corrected chi connectivity index (χ3v) is 8.20. The van der Waals surface area contributed by atoms with Gasteiger partial charge in [-0.15, -0.1) is 0 Å². The number of aliphatic hydroxyl groups is 1. The van der Waals surface area contributed by atoms with Crippen LogP contribution in [0.2, 0.25) is 5.02 Å². The van der Waals surface area contributed by atoms with Crippen molar-refractivity contribution < 1.29 is 38.4 Å². The van der Waals surface area contributed by atoms with Crippen molar-refractivity contribution in [2.24, 2.45) is 5.92 Å². The maximum atomic E-state index is 13.6. The molecular weight excluding hydrogens is 588 g/mol. The first-order chi connectivity index (χ1) is 21.3. The number of hydrogen-bond acceptors (Lipinski definition) is 8. The molecule has 0 saturated heterocycles. The van der Waals surface area contributed by atoms with Gasteiger partial charge in [0, 0.05) is 35.8 Å². The summed E-state index contributed by atoms with van der Waals surface area (Å²) in [5.41, 5.74) is 2.91. The molecule has 2 N–H and O–H groups in total. The number of rotatable bonds is 9. The Bertz CT molecular complexity index is 1670. The molecule has 0 bridgehead atoms. The Balaban J connectivity index is 1.26. The molecule has 44 heavy (non-hydrogen) atoms. The lowest BCUT2D eigenvalue weighted by Gasteiger charge is -2.37. The highest BCUT2D eigenvalue weighted by Gasteiger charge is 2.39. The van der Waals surface area contributed by atoms with E-state index in [1.165, 1.54) is 6.07 Å². The average molecular weight is 619 g/mol. The van der Waals surface area contributed by atoms with Crippen LogP contribution in [0, 0.1) is 12.8 Å². The van der Waals surface area contributed by atoms with E-state index in [4.69, 9.17) is 30.5 Å². The number of allylic oxidation sites excluding steroid dienone is 1. The molecule has 6 rings (SSSR count). The fraction of sp³-hybridized carbons (Fsp3) is 0.303. The number of aliphatic hydroxyl groups excluding tert-OH is 1. The van der Waals surface area contributed by atoms with Gasteiger partial charge in [0.1, 0.15) is 0 Å². The predicted octanol–water partition coefficient (Wildman–Crippen LogP) is 5.57. The van der Waals surface area contributed by atoms with Crippen molar-refractivity contribution in [2.45, 2.75) is 38.9 Å². The second kappa shape index (κ2) is 12.3. The summed E-state index contributed by atoms with van der Waals surface area (Å²) in [5, 5.41) is 12.8. The largest absolute Gasteiger partial charge is 0.459 e. The van der Waals surface area contributed by atoms with Crippen LogP contribution in [0.4, 0.5) is 11.4 Å². The van der Waals surface area contributed by atoms with Gasteiger partial charge in [0.05, 0.1) is 16.8 Å². The number of nitrogens with one attached hydrogen (secondary N) is 1. The van der Waals surface area contributed by atoms with Crippen LogP contribution in [-0.2, 0) is 14.3 Å². The van der Waals surface area contributed by atoms with E-state index in [1.54, 1.807) is 43.3 Å². The molecule has 0 saturated carbocycles. The van der Waals surface area contributed by atoms with Crippen molar-refractivity contribution in [3.05, 3.63) is 93.7 Å². The van der Waals surface area contributed by atoms with Gasteiger partial charge in [0.2, 0.25) is 13.1 Å². The molecule has 0 aliphatic carbocycles. The third-order valence-electron chi connectivity index (χ3n) is 7.96. The van der Waals surface area contributed by atoms with Crippen LogP contribution in [-0.4, -0.2) is 49.1 Å². The Morgan fingerprint density at radius 3 is 2.61 bits per heavy atom. The highest BCUT2D eigenvalue weighted by molar-refractivity contribution is 6.37. The monoisotopic (exact) mass is 618 g/mol. The van der Waals surface area contributed by atoms with E-state index in [9.17, 15) is 19.5 Å². The molecule has 3 heterocycles. The summed E-state index contributed by atoms with van der Waals surface area (Å²) in [6.07, 6.45) is 2.20. The van der Waals surface area contributed by atoms with E-state index in [1.807, 2.05) is 25.1 Å². The summed E-state index contributed by atoms with van der Waals surface area (Å²) < 4.78 is 23.1. The molecule has 3 aromatic rings. The van der Waals surface area contributed by atoms with Crippen LogP contribution in [0.15, 0.2) is 66.4 Å². The van der Waals surface area contributed by atoms with Gasteiger partial charge in [0.15, 0.2) is 17.3 Å². The quantitative estimate of drug-likeness (QED) is 0.299. The highest BCUT2D eigenvalue weighted by Crippen LogP contribution is 2.43. The number of benzene rings is 3. The summed E-state index contributed by atoms with van der Waals surface area (Å²) in [6.45, 7) is 4.14. The second-order valence-corrected chi connectivity index (χ2v) is 11.2. The Hall–Kier alpha value is -4.38. The number of aryl methyl sites for hydroxylation is 1. The Kier molecular flexibility index (Phi) is 8.31. The number of ether oxygens (including phenoxy) is 4. The van der Waals surface area contributed by atoms with Crippen molar-refractivity contribution in [3.63, 3.8) is 0 Å². The van der Waals surface area contributed by atoms with Gasteiger partial charge in [-0.3, -0.25) is 14.4 Å². The molecular formula is C33H31ClN2O8. The molecule has 3 aromatic carbocycles. The zero-order chi connectivity index (χ0) is 31.0. The molecule has 3 aliphatic heterocycles. The van der Waals surface area contributed by atoms with Crippen LogP contribution in [0.1, 0.15) is 57.5 Å². The first-order valence-electron chi connectivity index (χ1n) is 14.4. The minimum Gasteiger partial charge on any atom is -0.459 e. The van der Waals surface area contributed by atoms with E-state index < -0.39 is 24.0 Å². The smallest absolute Gasteiger partial charge is 0.290 e. The lowest BCUT2D eigenvalue weighted by molar-refractivity contribution is -0.165. The number of carbonyl (C=O) groups is 3. The number of nitrogens with zero attached hydrogens (tertiary/aromatic N) is 1. The van der Waals surface area contributed by atoms with Crippen molar-refractivity contribution in [3.8, 4) is 11.5 Å². The topological polar surface area (TPSA) is 124 Å². The standard InChI is InChI=1S/C33H31ClN2O8/c1-3-41-33-23(5-4-12-37)24(19-6-11-27-28(14-19)43-17-42-27)16-29(44-33)30(38)35-21-8-10-26(18(2)13-21)36-31(39)22-9-7-20(34)15-25(22)32(36)40/h6-11,13-16,23-24,33,37H,3-5,12,17H2,1-2H3,(H,35,38)/t23-,24+,33+/m0/s1. The van der Waals surface area contributed by atoms with Gasteiger partial charge < -0.3 is 29.4 Å². The van der Waals surface area contributed by atoms with Crippen LogP contribution < -0.4 is 19.7 Å². The van der Waals surface area contributed by atoms with E-state index in [0.717, 1.165) is 10.5 Å². The summed E-state index contributed by atoms with van der Waals surface area (Å²) >= 11 is 6.05. The number of carbonyl (C=O) groups excluding carboxylic acids is 3. The third kappa shape index (κ3) is 5.52. The van der Waals surface area contributed by atoms with Crippen molar-refractivity contribution in [1.82, 2.24) is 0 Å². The van der Waals surface area contributed by atoms with Crippen LogP contribution in [0.5, 0.6) is 11.5 Å². The van der Waals surface area contributed by atoms with Crippen LogP contribution >= 0.6 is 11.6 Å². The zero-order valence-electron chi connectivity index (χ0n) is 24.2. The Morgan fingerprint density at radius 1 is 1.05 bits per heavy atom. The first kappa shape index (κ1) is 29.7. The lowest BCUT2D eigenvalue weighted by atomic mass is 9.80. The molecule has 0 spiro atoms. The molecule has 11 heteroatoms. The summed E-state index contributed by atoms with van der Waals surface area (Å²) in [7, 11) is 0. The number of hydrogen-bond donors (Lipinski definition) is 2. The lowest BCUT2D eigenvalue weighted by Crippen LogP contribution is -2.37. The van der Waals surface area contributed by atoms with E-state index >= 15 is 0 Å². The van der Waals surface area contributed by atoms with Gasteiger partial charge in [-0.2, -0.15) is 0 Å². The molecule has 0 radical (unpaired) electrons. The van der Waals surface area contributed by atoms with Crippen LogP contribution in [0.3, 0.4) is 0 Å². The van der Waals surface area contributed by atoms with Gasteiger partial charge in [0.25, 0.3) is 17.7 Å². The van der Waals surface area contributed by atoms with Gasteiger partial charge >= 0.3 is 0 Å². The maximum absolute atomic E-state index is 13.6. The molecule has 3 atom stereocenters.